The first kappa shape index (κ1) is 9.71. The maximum Gasteiger partial charge on any atom is 0.125 e. The van der Waals surface area contributed by atoms with E-state index in [4.69, 9.17) is 0 Å². The van der Waals surface area contributed by atoms with Crippen LogP contribution in [-0.4, -0.2) is 4.57 Å². The Morgan fingerprint density at radius 1 is 1.29 bits per heavy atom. The highest BCUT2D eigenvalue weighted by Crippen LogP contribution is 2.30. The molecule has 0 aliphatic heterocycles. The van der Waals surface area contributed by atoms with E-state index in [1.54, 1.807) is 6.07 Å². The summed E-state index contributed by atoms with van der Waals surface area (Å²) in [6, 6.07) is 3.09. The molecule has 2 aromatic rings. The third-order valence-electron chi connectivity index (χ3n) is 2.81. The van der Waals surface area contributed by atoms with Crippen molar-refractivity contribution in [3.8, 4) is 0 Å². The first-order valence-corrected chi connectivity index (χ1v) is 5.22. The maximum absolute atomic E-state index is 13.2. The minimum atomic E-state index is -0.196. The van der Waals surface area contributed by atoms with E-state index in [1.807, 2.05) is 20.9 Å². The first-order chi connectivity index (χ1) is 6.52. The molecule has 0 atom stereocenters. The van der Waals surface area contributed by atoms with Gasteiger partial charge < -0.3 is 4.57 Å². The number of nitrogens with zero attached hydrogens (tertiary/aromatic N) is 1. The Morgan fingerprint density at radius 3 is 2.57 bits per heavy atom. The van der Waals surface area contributed by atoms with E-state index in [0.717, 1.165) is 20.9 Å². The van der Waals surface area contributed by atoms with E-state index < -0.39 is 0 Å². The average Bonchev–Trinajstić information content (AvgIpc) is 2.31. The molecule has 2 rings (SSSR count). The Labute approximate surface area is 90.7 Å². The van der Waals surface area contributed by atoms with Crippen LogP contribution < -0.4 is 0 Å². The number of fused-ring (bicyclic) bond motifs is 1. The quantitative estimate of drug-likeness (QED) is 0.677. The average molecular weight is 256 g/mol. The van der Waals surface area contributed by atoms with Crippen molar-refractivity contribution in [3.63, 3.8) is 0 Å². The third-order valence-corrected chi connectivity index (χ3v) is 3.42. The molecule has 1 nitrogen and oxygen atoms in total. The Balaban J connectivity index is 3.02. The summed E-state index contributed by atoms with van der Waals surface area (Å²) in [5.74, 6) is -0.196. The van der Waals surface area contributed by atoms with Crippen LogP contribution in [0, 0.1) is 19.7 Å². The Kier molecular flexibility index (Phi) is 2.14. The summed E-state index contributed by atoms with van der Waals surface area (Å²) in [4.78, 5) is 0. The van der Waals surface area contributed by atoms with Crippen LogP contribution in [0.1, 0.15) is 11.3 Å². The molecule has 0 saturated carbocycles. The van der Waals surface area contributed by atoms with Crippen molar-refractivity contribution in [2.45, 2.75) is 13.8 Å². The lowest BCUT2D eigenvalue weighted by Gasteiger charge is -2.01. The molecule has 0 spiro atoms. The molecule has 14 heavy (non-hydrogen) atoms. The van der Waals surface area contributed by atoms with Crippen molar-refractivity contribution in [3.05, 3.63) is 33.7 Å². The number of halogens is 2. The van der Waals surface area contributed by atoms with E-state index in [-0.39, 0.29) is 5.82 Å². The predicted molar refractivity (Wildman–Crippen MR) is 60.1 cm³/mol. The van der Waals surface area contributed by atoms with Gasteiger partial charge in [0.05, 0.1) is 5.52 Å². The van der Waals surface area contributed by atoms with Gasteiger partial charge >= 0.3 is 0 Å². The summed E-state index contributed by atoms with van der Waals surface area (Å²) >= 11 is 3.39. The summed E-state index contributed by atoms with van der Waals surface area (Å²) in [7, 11) is 1.99. The molecule has 1 aromatic heterocycles. The van der Waals surface area contributed by atoms with Crippen molar-refractivity contribution in [2.75, 3.05) is 0 Å². The van der Waals surface area contributed by atoms with Gasteiger partial charge in [0, 0.05) is 22.6 Å². The normalized spacial score (nSPS) is 11.2. The highest BCUT2D eigenvalue weighted by molar-refractivity contribution is 9.10. The van der Waals surface area contributed by atoms with Gasteiger partial charge in [-0.3, -0.25) is 0 Å². The number of benzene rings is 1. The molecule has 0 unspecified atom stereocenters. The van der Waals surface area contributed by atoms with E-state index in [1.165, 1.54) is 11.8 Å². The Morgan fingerprint density at radius 2 is 1.93 bits per heavy atom. The Hall–Kier alpha value is -0.830. The summed E-state index contributed by atoms with van der Waals surface area (Å²) < 4.78 is 16.1. The fourth-order valence-electron chi connectivity index (χ4n) is 1.81. The van der Waals surface area contributed by atoms with E-state index in [2.05, 4.69) is 20.5 Å². The number of aromatic nitrogens is 1. The lowest BCUT2D eigenvalue weighted by molar-refractivity contribution is 0.628. The summed E-state index contributed by atoms with van der Waals surface area (Å²) in [6.45, 7) is 4.06. The molecule has 74 valence electrons. The topological polar surface area (TPSA) is 4.93 Å². The van der Waals surface area contributed by atoms with Crippen molar-refractivity contribution in [1.82, 2.24) is 4.57 Å². The van der Waals surface area contributed by atoms with Gasteiger partial charge in [0.1, 0.15) is 5.82 Å². The van der Waals surface area contributed by atoms with Gasteiger partial charge in [-0.25, -0.2) is 4.39 Å². The van der Waals surface area contributed by atoms with Crippen LogP contribution in [0.25, 0.3) is 10.9 Å². The molecule has 0 saturated heterocycles. The molecule has 0 amide bonds. The minimum Gasteiger partial charge on any atom is -0.347 e. The van der Waals surface area contributed by atoms with E-state index in [0.29, 0.717) is 0 Å². The van der Waals surface area contributed by atoms with Crippen molar-refractivity contribution in [2.24, 2.45) is 7.05 Å². The molecule has 0 aliphatic carbocycles. The van der Waals surface area contributed by atoms with Crippen LogP contribution in [0.15, 0.2) is 16.6 Å². The number of aryl methyl sites for hydroxylation is 2. The van der Waals surface area contributed by atoms with Crippen LogP contribution in [0.5, 0.6) is 0 Å². The molecule has 0 bridgehead atoms. The standard InChI is InChI=1S/C11H11BrFN/c1-6-7(2)14(3)11-9(6)4-8(13)5-10(11)12/h4-5H,1-3H3. The van der Waals surface area contributed by atoms with E-state index >= 15 is 0 Å². The highest BCUT2D eigenvalue weighted by Gasteiger charge is 2.11. The predicted octanol–water partition coefficient (Wildman–Crippen LogP) is 3.70. The zero-order valence-electron chi connectivity index (χ0n) is 8.36. The van der Waals surface area contributed by atoms with Gasteiger partial charge in [0.15, 0.2) is 0 Å². The van der Waals surface area contributed by atoms with Crippen molar-refractivity contribution < 1.29 is 4.39 Å². The van der Waals surface area contributed by atoms with Crippen molar-refractivity contribution in [1.29, 1.82) is 0 Å². The first-order valence-electron chi connectivity index (χ1n) is 4.43. The number of hydrogen-bond donors (Lipinski definition) is 0. The lowest BCUT2D eigenvalue weighted by Crippen LogP contribution is -1.91. The molecular weight excluding hydrogens is 245 g/mol. The molecule has 0 fully saturated rings. The van der Waals surface area contributed by atoms with Crippen LogP contribution in [0.4, 0.5) is 4.39 Å². The van der Waals surface area contributed by atoms with Crippen LogP contribution in [-0.2, 0) is 7.05 Å². The highest BCUT2D eigenvalue weighted by atomic mass is 79.9. The van der Waals surface area contributed by atoms with Gasteiger partial charge in [-0.2, -0.15) is 0 Å². The fraction of sp³-hybridized carbons (Fsp3) is 0.273. The second-order valence-corrected chi connectivity index (χ2v) is 4.41. The third kappa shape index (κ3) is 1.19. The summed E-state index contributed by atoms with van der Waals surface area (Å²) in [5, 5.41) is 0.983. The lowest BCUT2D eigenvalue weighted by atomic mass is 10.1. The number of rotatable bonds is 0. The largest absolute Gasteiger partial charge is 0.347 e. The zero-order valence-corrected chi connectivity index (χ0v) is 9.94. The monoisotopic (exact) mass is 255 g/mol. The van der Waals surface area contributed by atoms with Gasteiger partial charge in [0.25, 0.3) is 0 Å². The molecule has 0 radical (unpaired) electrons. The van der Waals surface area contributed by atoms with Gasteiger partial charge in [-0.05, 0) is 47.5 Å². The zero-order chi connectivity index (χ0) is 10.5. The number of hydrogen-bond acceptors (Lipinski definition) is 0. The molecule has 1 aromatic carbocycles. The van der Waals surface area contributed by atoms with Crippen LogP contribution >= 0.6 is 15.9 Å². The van der Waals surface area contributed by atoms with E-state index in [9.17, 15) is 4.39 Å². The SMILES string of the molecule is Cc1c(C)n(C)c2c(Br)cc(F)cc12. The smallest absolute Gasteiger partial charge is 0.125 e. The Bertz CT molecular complexity index is 514. The summed E-state index contributed by atoms with van der Waals surface area (Å²) in [6.07, 6.45) is 0. The fourth-order valence-corrected chi connectivity index (χ4v) is 2.51. The van der Waals surface area contributed by atoms with Gasteiger partial charge in [-0.15, -0.1) is 0 Å². The second-order valence-electron chi connectivity index (χ2n) is 3.55. The van der Waals surface area contributed by atoms with Gasteiger partial charge in [-0.1, -0.05) is 0 Å². The summed E-state index contributed by atoms with van der Waals surface area (Å²) in [5.41, 5.74) is 3.37. The maximum atomic E-state index is 13.2. The van der Waals surface area contributed by atoms with Crippen LogP contribution in [0.3, 0.4) is 0 Å². The van der Waals surface area contributed by atoms with Gasteiger partial charge in [0.2, 0.25) is 0 Å². The molecule has 0 N–H and O–H groups in total. The van der Waals surface area contributed by atoms with Crippen molar-refractivity contribution >= 4 is 26.8 Å². The molecule has 3 heteroatoms. The van der Waals surface area contributed by atoms with Crippen LogP contribution in [0.2, 0.25) is 0 Å². The molecular formula is C11H11BrFN. The second kappa shape index (κ2) is 3.09. The molecule has 0 aliphatic rings. The molecule has 1 heterocycles. The minimum absolute atomic E-state index is 0.196.